The lowest BCUT2D eigenvalue weighted by Crippen LogP contribution is -2.48. The van der Waals surface area contributed by atoms with Crippen molar-refractivity contribution in [1.29, 1.82) is 0 Å². The van der Waals surface area contributed by atoms with Crippen molar-refractivity contribution >= 4 is 21.6 Å². The maximum Gasteiger partial charge on any atom is 0.244 e. The predicted molar refractivity (Wildman–Crippen MR) is 111 cm³/mol. The Morgan fingerprint density at radius 2 is 1.52 bits per heavy atom. The van der Waals surface area contributed by atoms with E-state index in [1.165, 1.54) is 15.4 Å². The van der Waals surface area contributed by atoms with Crippen molar-refractivity contribution in [2.75, 3.05) is 26.2 Å². The second-order valence-corrected chi connectivity index (χ2v) is 10.4. The van der Waals surface area contributed by atoms with Gasteiger partial charge in [0.25, 0.3) is 0 Å². The van der Waals surface area contributed by atoms with Crippen LogP contribution in [0.5, 0.6) is 0 Å². The molecule has 1 saturated heterocycles. The molecule has 1 heterocycles. The van der Waals surface area contributed by atoms with Crippen LogP contribution in [-0.2, 0) is 22.0 Å². The van der Waals surface area contributed by atoms with Gasteiger partial charge < -0.3 is 0 Å². The molecule has 2 aromatic carbocycles. The van der Waals surface area contributed by atoms with Gasteiger partial charge in [0.15, 0.2) is 0 Å². The molecule has 0 aromatic heterocycles. The van der Waals surface area contributed by atoms with Gasteiger partial charge in [-0.3, -0.25) is 4.90 Å². The fourth-order valence-electron chi connectivity index (χ4n) is 3.29. The summed E-state index contributed by atoms with van der Waals surface area (Å²) in [6.07, 6.45) is 0. The first-order chi connectivity index (χ1) is 12.7. The van der Waals surface area contributed by atoms with Crippen LogP contribution in [0.3, 0.4) is 0 Å². The van der Waals surface area contributed by atoms with Crippen LogP contribution in [0.1, 0.15) is 31.9 Å². The summed E-state index contributed by atoms with van der Waals surface area (Å²) in [7, 11) is -3.54. The van der Waals surface area contributed by atoms with Crippen molar-refractivity contribution in [2.45, 2.75) is 37.6 Å². The maximum absolute atomic E-state index is 12.8. The van der Waals surface area contributed by atoms with Crippen LogP contribution < -0.4 is 0 Å². The van der Waals surface area contributed by atoms with Gasteiger partial charge >= 0.3 is 0 Å². The zero-order chi connectivity index (χ0) is 19.7. The molecule has 0 spiro atoms. The van der Waals surface area contributed by atoms with Crippen LogP contribution in [0.2, 0.25) is 5.02 Å². The van der Waals surface area contributed by atoms with Crippen molar-refractivity contribution in [3.63, 3.8) is 0 Å². The second kappa shape index (κ2) is 7.92. The van der Waals surface area contributed by atoms with Gasteiger partial charge in [-0.15, -0.1) is 0 Å². The topological polar surface area (TPSA) is 40.6 Å². The molecular formula is C21H27ClN2O2S. The second-order valence-electron chi connectivity index (χ2n) is 8.06. The van der Waals surface area contributed by atoms with Crippen molar-refractivity contribution < 1.29 is 8.42 Å². The van der Waals surface area contributed by atoms with E-state index in [-0.39, 0.29) is 15.3 Å². The Morgan fingerprint density at radius 1 is 0.926 bits per heavy atom. The molecule has 1 aliphatic rings. The van der Waals surface area contributed by atoms with Crippen molar-refractivity contribution in [2.24, 2.45) is 0 Å². The molecule has 2 aromatic rings. The fraction of sp³-hybridized carbons (Fsp3) is 0.429. The summed E-state index contributed by atoms with van der Waals surface area (Å²) in [4.78, 5) is 2.49. The van der Waals surface area contributed by atoms with Crippen LogP contribution in [0.15, 0.2) is 53.4 Å². The number of nitrogens with zero attached hydrogens (tertiary/aromatic N) is 2. The van der Waals surface area contributed by atoms with Gasteiger partial charge in [-0.25, -0.2) is 8.42 Å². The highest BCUT2D eigenvalue weighted by atomic mass is 35.5. The molecule has 0 radical (unpaired) electrons. The van der Waals surface area contributed by atoms with Gasteiger partial charge in [-0.2, -0.15) is 4.31 Å². The Kier molecular flexibility index (Phi) is 5.96. The average Bonchev–Trinajstić information content (AvgIpc) is 2.62. The largest absolute Gasteiger partial charge is 0.296 e. The molecule has 146 valence electrons. The highest BCUT2D eigenvalue weighted by Gasteiger charge is 2.29. The fourth-order valence-corrected chi connectivity index (χ4v) is 5.20. The molecule has 6 heteroatoms. The van der Waals surface area contributed by atoms with Crippen molar-refractivity contribution in [1.82, 2.24) is 9.21 Å². The summed E-state index contributed by atoms with van der Waals surface area (Å²) in [6.45, 7) is 9.85. The number of hydrogen-bond donors (Lipinski definition) is 0. The molecule has 0 saturated carbocycles. The van der Waals surface area contributed by atoms with Crippen LogP contribution in [-0.4, -0.2) is 43.8 Å². The summed E-state index contributed by atoms with van der Waals surface area (Å²) in [6, 6.07) is 15.4. The Balaban J connectivity index is 1.61. The lowest BCUT2D eigenvalue weighted by molar-refractivity contribution is 0.181. The third-order valence-corrected chi connectivity index (χ3v) is 7.41. The molecule has 1 aliphatic heterocycles. The quantitative estimate of drug-likeness (QED) is 0.765. The smallest absolute Gasteiger partial charge is 0.244 e. The number of sulfonamides is 1. The van der Waals surface area contributed by atoms with E-state index in [0.717, 1.165) is 6.54 Å². The first-order valence-corrected chi connectivity index (χ1v) is 11.1. The van der Waals surface area contributed by atoms with Crippen LogP contribution in [0, 0.1) is 0 Å². The summed E-state index contributed by atoms with van der Waals surface area (Å²) in [5, 5.41) is 0.277. The molecule has 1 fully saturated rings. The number of benzene rings is 2. The molecule has 3 rings (SSSR count). The average molecular weight is 407 g/mol. The van der Waals surface area contributed by atoms with Crippen LogP contribution in [0.25, 0.3) is 0 Å². The van der Waals surface area contributed by atoms with E-state index in [1.807, 2.05) is 0 Å². The van der Waals surface area contributed by atoms with Gasteiger partial charge in [0.1, 0.15) is 4.90 Å². The molecule has 27 heavy (non-hydrogen) atoms. The summed E-state index contributed by atoms with van der Waals surface area (Å²) in [5.41, 5.74) is 2.73. The van der Waals surface area contributed by atoms with Gasteiger partial charge in [0.2, 0.25) is 10.0 Å². The molecule has 0 N–H and O–H groups in total. The first kappa shape index (κ1) is 20.3. The standard InChI is InChI=1S/C21H27ClN2O2S/c1-21(2,3)18-10-8-17(9-11-18)16-23-12-14-24(15-13-23)27(25,26)20-7-5-4-6-19(20)22/h4-11H,12-16H2,1-3H3. The van der Waals surface area contributed by atoms with Gasteiger partial charge in [0, 0.05) is 32.7 Å². The van der Waals surface area contributed by atoms with E-state index in [9.17, 15) is 8.42 Å². The SMILES string of the molecule is CC(C)(C)c1ccc(CN2CCN(S(=O)(=O)c3ccccc3Cl)CC2)cc1. The van der Waals surface area contributed by atoms with Crippen LogP contribution >= 0.6 is 11.6 Å². The highest BCUT2D eigenvalue weighted by molar-refractivity contribution is 7.89. The minimum Gasteiger partial charge on any atom is -0.296 e. The molecule has 0 bridgehead atoms. The molecule has 0 unspecified atom stereocenters. The third kappa shape index (κ3) is 4.72. The number of rotatable bonds is 4. The van der Waals surface area contributed by atoms with Crippen LogP contribution in [0.4, 0.5) is 0 Å². The minimum absolute atomic E-state index is 0.150. The summed E-state index contributed by atoms with van der Waals surface area (Å²) in [5.74, 6) is 0. The maximum atomic E-state index is 12.8. The summed E-state index contributed by atoms with van der Waals surface area (Å²) < 4.78 is 27.2. The molecule has 0 amide bonds. The lowest BCUT2D eigenvalue weighted by Gasteiger charge is -2.34. The minimum atomic E-state index is -3.54. The van der Waals surface area contributed by atoms with E-state index >= 15 is 0 Å². The van der Waals surface area contributed by atoms with Gasteiger partial charge in [-0.05, 0) is 28.7 Å². The van der Waals surface area contributed by atoms with E-state index < -0.39 is 10.0 Å². The molecule has 0 aliphatic carbocycles. The van der Waals surface area contributed by atoms with E-state index in [1.54, 1.807) is 24.3 Å². The zero-order valence-corrected chi connectivity index (χ0v) is 17.7. The predicted octanol–water partition coefficient (Wildman–Crippen LogP) is 4.14. The Bertz CT molecular complexity index is 881. The summed E-state index contributed by atoms with van der Waals surface area (Å²) >= 11 is 6.09. The first-order valence-electron chi connectivity index (χ1n) is 9.24. The number of halogens is 1. The van der Waals surface area contributed by atoms with Gasteiger partial charge in [0.05, 0.1) is 5.02 Å². The van der Waals surface area contributed by atoms with Crippen molar-refractivity contribution in [3.8, 4) is 0 Å². The van der Waals surface area contributed by atoms with E-state index in [4.69, 9.17) is 11.6 Å². The Hall–Kier alpha value is -1.40. The van der Waals surface area contributed by atoms with E-state index in [2.05, 4.69) is 49.9 Å². The molecular weight excluding hydrogens is 380 g/mol. The van der Waals surface area contributed by atoms with Gasteiger partial charge in [-0.1, -0.05) is 68.8 Å². The Labute approximate surface area is 167 Å². The van der Waals surface area contributed by atoms with E-state index in [0.29, 0.717) is 26.2 Å². The zero-order valence-electron chi connectivity index (χ0n) is 16.2. The number of piperazine rings is 1. The lowest BCUT2D eigenvalue weighted by atomic mass is 9.87. The third-order valence-electron chi connectivity index (χ3n) is 5.01. The Morgan fingerprint density at radius 3 is 2.07 bits per heavy atom. The monoisotopic (exact) mass is 406 g/mol. The highest BCUT2D eigenvalue weighted by Crippen LogP contribution is 2.26. The number of hydrogen-bond acceptors (Lipinski definition) is 3. The van der Waals surface area contributed by atoms with Crippen molar-refractivity contribution in [3.05, 3.63) is 64.7 Å². The molecule has 0 atom stereocenters. The molecule has 4 nitrogen and oxygen atoms in total. The normalized spacial score (nSPS) is 17.2.